The van der Waals surface area contributed by atoms with Crippen molar-refractivity contribution in [1.29, 1.82) is 0 Å². The molecule has 1 aliphatic rings. The second kappa shape index (κ2) is 9.60. The molecule has 2 atom stereocenters. The number of hydrogen-bond donors (Lipinski definition) is 0. The van der Waals surface area contributed by atoms with Crippen molar-refractivity contribution in [3.8, 4) is 0 Å². The van der Waals surface area contributed by atoms with Gasteiger partial charge in [0.25, 0.3) is 0 Å². The van der Waals surface area contributed by atoms with Gasteiger partial charge in [0.2, 0.25) is 0 Å². The molecule has 0 bridgehead atoms. The molecule has 0 saturated heterocycles. The van der Waals surface area contributed by atoms with Gasteiger partial charge in [0.15, 0.2) is 0 Å². The van der Waals surface area contributed by atoms with E-state index in [1.807, 2.05) is 0 Å². The van der Waals surface area contributed by atoms with Gasteiger partial charge >= 0.3 is 0 Å². The lowest BCUT2D eigenvalue weighted by Crippen LogP contribution is -2.35. The lowest BCUT2D eigenvalue weighted by molar-refractivity contribution is -0.0382. The van der Waals surface area contributed by atoms with Gasteiger partial charge < -0.3 is 4.74 Å². The molecule has 0 aromatic rings. The number of unbranched alkanes of at least 4 members (excludes halogenated alkanes) is 5. The molecule has 0 unspecified atom stereocenters. The quantitative estimate of drug-likeness (QED) is 0.345. The van der Waals surface area contributed by atoms with Crippen molar-refractivity contribution in [3.05, 3.63) is 12.7 Å². The summed E-state index contributed by atoms with van der Waals surface area (Å²) in [7, 11) is 0. The van der Waals surface area contributed by atoms with Crippen molar-refractivity contribution in [2.45, 2.75) is 91.1 Å². The highest BCUT2D eigenvalue weighted by Crippen LogP contribution is 2.41. The molecule has 1 fully saturated rings. The van der Waals surface area contributed by atoms with Gasteiger partial charge in [-0.3, -0.25) is 0 Å². The zero-order chi connectivity index (χ0) is 14.8. The molecule has 0 aromatic carbocycles. The third kappa shape index (κ3) is 6.92. The Morgan fingerprint density at radius 1 is 1.15 bits per heavy atom. The Morgan fingerprint density at radius 3 is 2.55 bits per heavy atom. The van der Waals surface area contributed by atoms with Crippen molar-refractivity contribution in [2.24, 2.45) is 11.3 Å². The van der Waals surface area contributed by atoms with E-state index in [9.17, 15) is 0 Å². The minimum absolute atomic E-state index is 0.483. The third-order valence-corrected chi connectivity index (χ3v) is 4.75. The van der Waals surface area contributed by atoms with Gasteiger partial charge in [-0.25, -0.2) is 0 Å². The summed E-state index contributed by atoms with van der Waals surface area (Å²) in [6, 6.07) is 0. The lowest BCUT2D eigenvalue weighted by atomic mass is 9.70. The standard InChI is InChI=1S/C19H36O/c1-5-7-8-9-10-11-15-20-18-13-14-19(3,4)16-17(18)12-6-2/h6,17-18H,2,5,7-16H2,1,3-4H3/t17-,18-/m1/s1. The van der Waals surface area contributed by atoms with E-state index in [0.29, 0.717) is 17.4 Å². The third-order valence-electron chi connectivity index (χ3n) is 4.75. The molecule has 0 amide bonds. The van der Waals surface area contributed by atoms with Crippen LogP contribution in [0.25, 0.3) is 0 Å². The SMILES string of the molecule is C=CC[C@@H]1CC(C)(C)CC[C@H]1OCCCCCCCC. The lowest BCUT2D eigenvalue weighted by Gasteiger charge is -2.40. The maximum absolute atomic E-state index is 6.20. The van der Waals surface area contributed by atoms with Gasteiger partial charge in [-0.05, 0) is 43.4 Å². The summed E-state index contributed by atoms with van der Waals surface area (Å²) in [6.07, 6.45) is 15.6. The van der Waals surface area contributed by atoms with Crippen molar-refractivity contribution < 1.29 is 4.74 Å². The molecule has 1 nitrogen and oxygen atoms in total. The second-order valence-electron chi connectivity index (χ2n) is 7.37. The molecule has 0 aliphatic heterocycles. The predicted molar refractivity (Wildman–Crippen MR) is 89.1 cm³/mol. The number of allylic oxidation sites excluding steroid dienone is 1. The van der Waals surface area contributed by atoms with Crippen LogP contribution in [0, 0.1) is 11.3 Å². The average molecular weight is 280 g/mol. The van der Waals surface area contributed by atoms with Crippen LogP contribution in [-0.4, -0.2) is 12.7 Å². The highest BCUT2D eigenvalue weighted by atomic mass is 16.5. The molecule has 0 aromatic heterocycles. The van der Waals surface area contributed by atoms with E-state index in [4.69, 9.17) is 4.74 Å². The summed E-state index contributed by atoms with van der Waals surface area (Å²) in [5.41, 5.74) is 0.494. The van der Waals surface area contributed by atoms with Crippen LogP contribution in [0.3, 0.4) is 0 Å². The molecule has 20 heavy (non-hydrogen) atoms. The van der Waals surface area contributed by atoms with Gasteiger partial charge in [0.05, 0.1) is 6.10 Å². The van der Waals surface area contributed by atoms with E-state index in [-0.39, 0.29) is 0 Å². The molecule has 0 heterocycles. The monoisotopic (exact) mass is 280 g/mol. The zero-order valence-corrected chi connectivity index (χ0v) is 14.1. The molecular weight excluding hydrogens is 244 g/mol. The predicted octanol–water partition coefficient (Wildman–Crippen LogP) is 6.13. The van der Waals surface area contributed by atoms with Crippen molar-refractivity contribution >= 4 is 0 Å². The first-order valence-electron chi connectivity index (χ1n) is 8.81. The van der Waals surface area contributed by atoms with Crippen molar-refractivity contribution in [2.75, 3.05) is 6.61 Å². The summed E-state index contributed by atoms with van der Waals surface area (Å²) in [5.74, 6) is 0.691. The maximum atomic E-state index is 6.20. The van der Waals surface area contributed by atoms with Crippen LogP contribution >= 0.6 is 0 Å². The summed E-state index contributed by atoms with van der Waals surface area (Å²) in [6.45, 7) is 11.9. The molecule has 1 aliphatic carbocycles. The topological polar surface area (TPSA) is 9.23 Å². The minimum Gasteiger partial charge on any atom is -0.378 e. The molecular formula is C19H36O. The van der Waals surface area contributed by atoms with Crippen LogP contribution < -0.4 is 0 Å². The van der Waals surface area contributed by atoms with E-state index in [2.05, 4.69) is 33.4 Å². The summed E-state index contributed by atoms with van der Waals surface area (Å²) in [4.78, 5) is 0. The zero-order valence-electron chi connectivity index (χ0n) is 14.1. The first kappa shape index (κ1) is 17.8. The summed E-state index contributed by atoms with van der Waals surface area (Å²) in [5, 5.41) is 0. The van der Waals surface area contributed by atoms with Crippen LogP contribution in [0.5, 0.6) is 0 Å². The number of rotatable bonds is 10. The Morgan fingerprint density at radius 2 is 1.85 bits per heavy atom. The first-order chi connectivity index (χ1) is 9.59. The van der Waals surface area contributed by atoms with Crippen LogP contribution in [0.4, 0.5) is 0 Å². The number of hydrogen-bond acceptors (Lipinski definition) is 1. The Balaban J connectivity index is 2.19. The fraction of sp³-hybridized carbons (Fsp3) is 0.895. The van der Waals surface area contributed by atoms with E-state index in [1.54, 1.807) is 0 Å². The normalized spacial score (nSPS) is 25.6. The van der Waals surface area contributed by atoms with Gasteiger partial charge in [0, 0.05) is 6.61 Å². The van der Waals surface area contributed by atoms with E-state index in [0.717, 1.165) is 13.0 Å². The molecule has 118 valence electrons. The first-order valence-corrected chi connectivity index (χ1v) is 8.81. The Labute approximate surface area is 127 Å². The molecule has 0 spiro atoms. The van der Waals surface area contributed by atoms with Gasteiger partial charge in [0.1, 0.15) is 0 Å². The van der Waals surface area contributed by atoms with E-state index >= 15 is 0 Å². The molecule has 1 rings (SSSR count). The minimum atomic E-state index is 0.483. The molecule has 1 saturated carbocycles. The molecule has 1 heteroatoms. The van der Waals surface area contributed by atoms with Crippen LogP contribution in [0.1, 0.15) is 85.0 Å². The van der Waals surface area contributed by atoms with Gasteiger partial charge in [-0.1, -0.05) is 59.0 Å². The van der Waals surface area contributed by atoms with Crippen molar-refractivity contribution in [1.82, 2.24) is 0 Å². The Bertz CT molecular complexity index is 256. The van der Waals surface area contributed by atoms with E-state index in [1.165, 1.54) is 57.8 Å². The van der Waals surface area contributed by atoms with Crippen LogP contribution in [0.2, 0.25) is 0 Å². The largest absolute Gasteiger partial charge is 0.378 e. The summed E-state index contributed by atoms with van der Waals surface area (Å²) < 4.78 is 6.20. The average Bonchev–Trinajstić information content (AvgIpc) is 2.39. The second-order valence-corrected chi connectivity index (χ2v) is 7.37. The van der Waals surface area contributed by atoms with Crippen LogP contribution in [-0.2, 0) is 4.74 Å². The smallest absolute Gasteiger partial charge is 0.0606 e. The van der Waals surface area contributed by atoms with Crippen LogP contribution in [0.15, 0.2) is 12.7 Å². The van der Waals surface area contributed by atoms with Gasteiger partial charge in [-0.2, -0.15) is 0 Å². The maximum Gasteiger partial charge on any atom is 0.0606 e. The molecule has 0 radical (unpaired) electrons. The van der Waals surface area contributed by atoms with Crippen molar-refractivity contribution in [3.63, 3.8) is 0 Å². The highest BCUT2D eigenvalue weighted by molar-refractivity contribution is 4.89. The Hall–Kier alpha value is -0.300. The fourth-order valence-electron chi connectivity index (χ4n) is 3.50. The molecule has 0 N–H and O–H groups in total. The Kier molecular flexibility index (Phi) is 8.52. The fourth-order valence-corrected chi connectivity index (χ4v) is 3.50. The number of ether oxygens (including phenoxy) is 1. The van der Waals surface area contributed by atoms with E-state index < -0.39 is 0 Å². The summed E-state index contributed by atoms with van der Waals surface area (Å²) >= 11 is 0. The van der Waals surface area contributed by atoms with Gasteiger partial charge in [-0.15, -0.1) is 6.58 Å². The highest BCUT2D eigenvalue weighted by Gasteiger charge is 2.34.